The molecule has 1 fully saturated rings. The van der Waals surface area contributed by atoms with Gasteiger partial charge in [-0.25, -0.2) is 0 Å². The lowest BCUT2D eigenvalue weighted by Gasteiger charge is -2.30. The largest absolute Gasteiger partial charge is 0.251 e. The van der Waals surface area contributed by atoms with E-state index in [0.29, 0.717) is 11.8 Å². The van der Waals surface area contributed by atoms with Gasteiger partial charge in [0.15, 0.2) is 0 Å². The van der Waals surface area contributed by atoms with Crippen LogP contribution in [0.4, 0.5) is 4.39 Å². The summed E-state index contributed by atoms with van der Waals surface area (Å²) >= 11 is 0. The van der Waals surface area contributed by atoms with Gasteiger partial charge in [0.1, 0.15) is 0 Å². The molecule has 7 heavy (non-hydrogen) atoms. The summed E-state index contributed by atoms with van der Waals surface area (Å²) in [6.45, 7) is 2.02. The first-order valence-corrected chi connectivity index (χ1v) is 2.90. The van der Waals surface area contributed by atoms with Crippen LogP contribution in [0.2, 0.25) is 0 Å². The monoisotopic (exact) mass is 102 g/mol. The van der Waals surface area contributed by atoms with Gasteiger partial charge in [0.05, 0.1) is 6.67 Å². The molecule has 1 saturated carbocycles. The van der Waals surface area contributed by atoms with Crippen LogP contribution in [-0.2, 0) is 0 Å². The quantitative estimate of drug-likeness (QED) is 0.475. The Kier molecular flexibility index (Phi) is 1.31. The van der Waals surface area contributed by atoms with E-state index in [0.717, 1.165) is 6.42 Å². The van der Waals surface area contributed by atoms with Crippen LogP contribution in [0.5, 0.6) is 0 Å². The van der Waals surface area contributed by atoms with Crippen molar-refractivity contribution in [1.82, 2.24) is 0 Å². The summed E-state index contributed by atoms with van der Waals surface area (Å²) in [6.07, 6.45) is 2.37. The maximum Gasteiger partial charge on any atom is 0.0925 e. The Balaban J connectivity index is 2.16. The molecule has 0 N–H and O–H groups in total. The zero-order valence-corrected chi connectivity index (χ0v) is 4.65. The summed E-state index contributed by atoms with van der Waals surface area (Å²) in [5.41, 5.74) is 0. The molecule has 0 saturated heterocycles. The van der Waals surface area contributed by atoms with Gasteiger partial charge in [0, 0.05) is 0 Å². The Morgan fingerprint density at radius 3 is 2.29 bits per heavy atom. The summed E-state index contributed by atoms with van der Waals surface area (Å²) < 4.78 is 11.7. The summed E-state index contributed by atoms with van der Waals surface area (Å²) in [5.74, 6) is 1.09. The molecule has 0 heterocycles. The highest BCUT2D eigenvalue weighted by Crippen LogP contribution is 2.33. The van der Waals surface area contributed by atoms with Crippen LogP contribution in [0.3, 0.4) is 0 Å². The molecule has 1 rings (SSSR count). The van der Waals surface area contributed by atoms with Gasteiger partial charge in [0.25, 0.3) is 0 Å². The van der Waals surface area contributed by atoms with Crippen molar-refractivity contribution in [2.24, 2.45) is 11.8 Å². The molecule has 0 aromatic rings. The second-order valence-corrected chi connectivity index (χ2v) is 2.47. The van der Waals surface area contributed by atoms with Gasteiger partial charge in [-0.1, -0.05) is 6.92 Å². The lowest BCUT2D eigenvalue weighted by Crippen LogP contribution is -2.24. The minimum absolute atomic E-state index is 0.0961. The highest BCUT2D eigenvalue weighted by Gasteiger charge is 2.25. The third kappa shape index (κ3) is 0.767. The molecule has 0 bridgehead atoms. The van der Waals surface area contributed by atoms with Gasteiger partial charge in [0.2, 0.25) is 0 Å². The zero-order valence-electron chi connectivity index (χ0n) is 4.65. The van der Waals surface area contributed by atoms with E-state index in [-0.39, 0.29) is 6.67 Å². The fraction of sp³-hybridized carbons (Fsp3) is 1.00. The average Bonchev–Trinajstić information content (AvgIpc) is 1.65. The molecule has 1 aliphatic carbocycles. The second kappa shape index (κ2) is 1.81. The molecule has 1 heteroatoms. The molecule has 0 spiro atoms. The van der Waals surface area contributed by atoms with Gasteiger partial charge in [-0.3, -0.25) is 4.39 Å². The molecule has 0 amide bonds. The van der Waals surface area contributed by atoms with Crippen LogP contribution in [-0.4, -0.2) is 6.67 Å². The van der Waals surface area contributed by atoms with Gasteiger partial charge in [-0.05, 0) is 24.7 Å². The van der Waals surface area contributed by atoms with Crippen molar-refractivity contribution in [3.8, 4) is 0 Å². The maximum absolute atomic E-state index is 11.7. The third-order valence-corrected chi connectivity index (χ3v) is 2.00. The lowest BCUT2D eigenvalue weighted by atomic mass is 9.76. The van der Waals surface area contributed by atoms with E-state index in [1.165, 1.54) is 6.42 Å². The van der Waals surface area contributed by atoms with Crippen LogP contribution in [0.25, 0.3) is 0 Å². The predicted molar refractivity (Wildman–Crippen MR) is 27.9 cm³/mol. The van der Waals surface area contributed by atoms with Crippen molar-refractivity contribution < 1.29 is 4.39 Å². The van der Waals surface area contributed by atoms with E-state index in [2.05, 4.69) is 6.92 Å². The molecule has 0 aromatic heterocycles. The van der Waals surface area contributed by atoms with E-state index in [1.807, 2.05) is 0 Å². The molecular formula is C6H11F. The highest BCUT2D eigenvalue weighted by molar-refractivity contribution is 4.75. The smallest absolute Gasteiger partial charge is 0.0925 e. The van der Waals surface area contributed by atoms with Crippen LogP contribution in [0.15, 0.2) is 0 Å². The Bertz CT molecular complexity index is 59.2. The topological polar surface area (TPSA) is 0 Å². The molecule has 2 unspecified atom stereocenters. The molecule has 0 aromatic carbocycles. The molecule has 2 atom stereocenters. The van der Waals surface area contributed by atoms with Crippen molar-refractivity contribution in [2.45, 2.75) is 19.8 Å². The molecular weight excluding hydrogens is 91.1 g/mol. The van der Waals surface area contributed by atoms with E-state index in [9.17, 15) is 4.39 Å². The average molecular weight is 102 g/mol. The standard InChI is InChI=1S/C6H11F/c1-5-2-3-6(5)4-7/h5-6H,2-4H2,1H3. The lowest BCUT2D eigenvalue weighted by molar-refractivity contribution is 0.154. The molecule has 42 valence electrons. The van der Waals surface area contributed by atoms with Crippen molar-refractivity contribution in [3.05, 3.63) is 0 Å². The molecule has 0 radical (unpaired) electrons. The van der Waals surface area contributed by atoms with Gasteiger partial charge in [-0.15, -0.1) is 0 Å². The van der Waals surface area contributed by atoms with E-state index >= 15 is 0 Å². The van der Waals surface area contributed by atoms with Crippen LogP contribution >= 0.6 is 0 Å². The first kappa shape index (κ1) is 5.07. The summed E-state index contributed by atoms with van der Waals surface area (Å²) in [5, 5.41) is 0. The highest BCUT2D eigenvalue weighted by atomic mass is 19.1. The van der Waals surface area contributed by atoms with Crippen molar-refractivity contribution >= 4 is 0 Å². The van der Waals surface area contributed by atoms with Crippen LogP contribution in [0.1, 0.15) is 19.8 Å². The number of alkyl halides is 1. The second-order valence-electron chi connectivity index (χ2n) is 2.47. The normalized spacial score (nSPS) is 40.3. The summed E-state index contributed by atoms with van der Waals surface area (Å²) in [7, 11) is 0. The Morgan fingerprint density at radius 2 is 2.29 bits per heavy atom. The third-order valence-electron chi connectivity index (χ3n) is 2.00. The van der Waals surface area contributed by atoms with Gasteiger partial charge >= 0.3 is 0 Å². The Morgan fingerprint density at radius 1 is 1.57 bits per heavy atom. The minimum Gasteiger partial charge on any atom is -0.251 e. The predicted octanol–water partition coefficient (Wildman–Crippen LogP) is 2.00. The van der Waals surface area contributed by atoms with Crippen molar-refractivity contribution in [3.63, 3.8) is 0 Å². The fourth-order valence-corrected chi connectivity index (χ4v) is 0.965. The minimum atomic E-state index is -0.0961. The zero-order chi connectivity index (χ0) is 5.28. The van der Waals surface area contributed by atoms with E-state index < -0.39 is 0 Å². The van der Waals surface area contributed by atoms with Crippen molar-refractivity contribution in [2.75, 3.05) is 6.67 Å². The Hall–Kier alpha value is -0.0700. The number of rotatable bonds is 1. The van der Waals surface area contributed by atoms with E-state index in [4.69, 9.17) is 0 Å². The van der Waals surface area contributed by atoms with Crippen molar-refractivity contribution in [1.29, 1.82) is 0 Å². The van der Waals surface area contributed by atoms with Gasteiger partial charge in [-0.2, -0.15) is 0 Å². The van der Waals surface area contributed by atoms with Gasteiger partial charge < -0.3 is 0 Å². The molecule has 1 aliphatic rings. The Labute approximate surface area is 43.7 Å². The SMILES string of the molecule is CC1CCC1CF. The first-order valence-electron chi connectivity index (χ1n) is 2.90. The number of halogens is 1. The van der Waals surface area contributed by atoms with E-state index in [1.54, 1.807) is 0 Å². The first-order chi connectivity index (χ1) is 3.34. The fourth-order valence-electron chi connectivity index (χ4n) is 0.965. The maximum atomic E-state index is 11.7. The number of hydrogen-bond acceptors (Lipinski definition) is 0. The van der Waals surface area contributed by atoms with Crippen LogP contribution in [0, 0.1) is 11.8 Å². The molecule has 0 nitrogen and oxygen atoms in total. The molecule has 0 aliphatic heterocycles. The summed E-state index contributed by atoms with van der Waals surface area (Å²) in [4.78, 5) is 0. The summed E-state index contributed by atoms with van der Waals surface area (Å²) in [6, 6.07) is 0. The number of hydrogen-bond donors (Lipinski definition) is 0. The van der Waals surface area contributed by atoms with Crippen LogP contribution < -0.4 is 0 Å².